The molecular formula is C34H40N4O4. The third kappa shape index (κ3) is 4.38. The Labute approximate surface area is 246 Å². The SMILES string of the molecule is CC[C@H]1C2Cc3[nH]c4c(c3C)C(=O)C/C4=C3/N=C(C=c4[nH]c(c(C(C)=O)c4C)=CC(=N2)[C@@H]1C)[C@@H](C)[C@@H]3CCC(=O)OC. The van der Waals surface area contributed by atoms with Crippen LogP contribution >= 0.6 is 0 Å². The minimum atomic E-state index is -0.258. The molecule has 0 aromatic carbocycles. The van der Waals surface area contributed by atoms with Gasteiger partial charge >= 0.3 is 5.97 Å². The molecule has 1 aliphatic carbocycles. The highest BCUT2D eigenvalue weighted by Crippen LogP contribution is 2.45. The van der Waals surface area contributed by atoms with E-state index in [9.17, 15) is 14.4 Å². The van der Waals surface area contributed by atoms with Crippen LogP contribution in [0.15, 0.2) is 15.7 Å². The minimum Gasteiger partial charge on any atom is -0.469 e. The van der Waals surface area contributed by atoms with Crippen LogP contribution in [0.5, 0.6) is 0 Å². The molecule has 2 aromatic heterocycles. The van der Waals surface area contributed by atoms with Gasteiger partial charge < -0.3 is 14.7 Å². The van der Waals surface area contributed by atoms with Crippen LogP contribution in [0.4, 0.5) is 0 Å². The molecule has 3 aliphatic heterocycles. The number of Topliss-reactive ketones (excluding diaryl/α,β-unsaturated/α-hetero) is 2. The fourth-order valence-corrected chi connectivity index (χ4v) is 7.76. The number of aromatic amines is 2. The number of methoxy groups -OCH3 is 1. The number of nitrogens with one attached hydrogen (secondary N) is 2. The van der Waals surface area contributed by atoms with Crippen LogP contribution in [-0.4, -0.2) is 52.1 Å². The van der Waals surface area contributed by atoms with Crippen molar-refractivity contribution in [2.75, 3.05) is 7.11 Å². The van der Waals surface area contributed by atoms with Gasteiger partial charge in [-0.1, -0.05) is 27.2 Å². The van der Waals surface area contributed by atoms with E-state index in [2.05, 4.69) is 36.8 Å². The molecule has 8 heteroatoms. The molecule has 2 N–H and O–H groups in total. The summed E-state index contributed by atoms with van der Waals surface area (Å²) < 4.78 is 4.96. The van der Waals surface area contributed by atoms with E-state index < -0.39 is 0 Å². The van der Waals surface area contributed by atoms with Crippen LogP contribution in [0, 0.1) is 37.5 Å². The van der Waals surface area contributed by atoms with Crippen LogP contribution in [0.3, 0.4) is 0 Å². The second-order valence-electron chi connectivity index (χ2n) is 12.5. The summed E-state index contributed by atoms with van der Waals surface area (Å²) in [5, 5.41) is 1.63. The highest BCUT2D eigenvalue weighted by atomic mass is 16.5. The summed E-state index contributed by atoms with van der Waals surface area (Å²) in [6, 6.07) is 0.0691. The molecule has 0 amide bonds. The topological polar surface area (TPSA) is 117 Å². The maximum absolute atomic E-state index is 13.5. The zero-order chi connectivity index (χ0) is 30.0. The van der Waals surface area contributed by atoms with Crippen molar-refractivity contribution in [2.45, 2.75) is 79.7 Å². The molecule has 4 aliphatic rings. The Kier molecular flexibility index (Phi) is 7.06. The number of carbonyl (C=O) groups is 3. The largest absolute Gasteiger partial charge is 0.469 e. The molecule has 1 unspecified atom stereocenters. The van der Waals surface area contributed by atoms with Gasteiger partial charge in [-0.3, -0.25) is 24.4 Å². The first kappa shape index (κ1) is 28.3. The summed E-state index contributed by atoms with van der Waals surface area (Å²) in [5.74, 6) is 0.409. The molecule has 220 valence electrons. The second-order valence-corrected chi connectivity index (χ2v) is 12.5. The Balaban J connectivity index is 1.62. The van der Waals surface area contributed by atoms with Crippen molar-refractivity contribution in [1.82, 2.24) is 9.97 Å². The molecule has 42 heavy (non-hydrogen) atoms. The van der Waals surface area contributed by atoms with Crippen molar-refractivity contribution < 1.29 is 19.1 Å². The molecule has 0 radical (unpaired) electrons. The fourth-order valence-electron chi connectivity index (χ4n) is 7.76. The number of H-pyrrole nitrogens is 2. The summed E-state index contributed by atoms with van der Waals surface area (Å²) in [6.07, 6.45) is 6.94. The lowest BCUT2D eigenvalue weighted by molar-refractivity contribution is -0.140. The van der Waals surface area contributed by atoms with Crippen LogP contribution in [0.1, 0.15) is 96.6 Å². The summed E-state index contributed by atoms with van der Waals surface area (Å²) in [7, 11) is 1.41. The quantitative estimate of drug-likeness (QED) is 0.410. The Morgan fingerprint density at radius 2 is 1.79 bits per heavy atom. The van der Waals surface area contributed by atoms with E-state index in [1.807, 2.05) is 19.9 Å². The number of allylic oxidation sites excluding steroid dienone is 2. The van der Waals surface area contributed by atoms with Gasteiger partial charge in [0.1, 0.15) is 0 Å². The van der Waals surface area contributed by atoms with Gasteiger partial charge in [0.15, 0.2) is 11.6 Å². The minimum absolute atomic E-state index is 0.00384. The molecule has 6 rings (SSSR count). The second kappa shape index (κ2) is 10.5. The van der Waals surface area contributed by atoms with E-state index in [1.54, 1.807) is 6.92 Å². The Morgan fingerprint density at radius 1 is 1.05 bits per heavy atom. The first-order valence-corrected chi connectivity index (χ1v) is 15.2. The van der Waals surface area contributed by atoms with Crippen molar-refractivity contribution in [3.63, 3.8) is 0 Å². The number of ether oxygens (including phenoxy) is 1. The zero-order valence-corrected chi connectivity index (χ0v) is 25.6. The van der Waals surface area contributed by atoms with Crippen LogP contribution < -0.4 is 10.7 Å². The maximum atomic E-state index is 13.5. The van der Waals surface area contributed by atoms with E-state index in [0.29, 0.717) is 30.7 Å². The molecule has 0 fully saturated rings. The Hall–Kier alpha value is -3.81. The van der Waals surface area contributed by atoms with E-state index in [-0.39, 0.29) is 47.8 Å². The van der Waals surface area contributed by atoms with Crippen molar-refractivity contribution in [2.24, 2.45) is 33.7 Å². The number of hydrogen-bond donors (Lipinski definition) is 2. The number of esters is 1. The van der Waals surface area contributed by atoms with Crippen molar-refractivity contribution in [3.8, 4) is 0 Å². The van der Waals surface area contributed by atoms with Crippen LogP contribution in [0.2, 0.25) is 0 Å². The number of fused-ring (bicyclic) bond motifs is 5. The lowest BCUT2D eigenvalue weighted by Gasteiger charge is -2.20. The predicted octanol–water partition coefficient (Wildman–Crippen LogP) is 4.42. The predicted molar refractivity (Wildman–Crippen MR) is 164 cm³/mol. The van der Waals surface area contributed by atoms with Gasteiger partial charge in [0.2, 0.25) is 0 Å². The monoisotopic (exact) mass is 568 g/mol. The average molecular weight is 569 g/mol. The summed E-state index contributed by atoms with van der Waals surface area (Å²) in [4.78, 5) is 56.1. The Morgan fingerprint density at radius 3 is 2.48 bits per heavy atom. The van der Waals surface area contributed by atoms with Gasteiger partial charge in [-0.05, 0) is 56.4 Å². The molecule has 8 bridgehead atoms. The van der Waals surface area contributed by atoms with Gasteiger partial charge in [0.05, 0.1) is 29.9 Å². The zero-order valence-electron chi connectivity index (χ0n) is 25.6. The molecular weight excluding hydrogens is 528 g/mol. The third-order valence-corrected chi connectivity index (χ3v) is 10.2. The van der Waals surface area contributed by atoms with E-state index in [1.165, 1.54) is 7.11 Å². The van der Waals surface area contributed by atoms with Crippen LogP contribution in [0.25, 0.3) is 17.7 Å². The van der Waals surface area contributed by atoms with Crippen molar-refractivity contribution in [3.05, 3.63) is 50.0 Å². The Bertz CT molecular complexity index is 1750. The molecule has 0 saturated carbocycles. The number of rotatable bonds is 5. The molecule has 2 aromatic rings. The van der Waals surface area contributed by atoms with Gasteiger partial charge in [-0.2, -0.15) is 0 Å². The molecule has 5 heterocycles. The number of carbonyl (C=O) groups excluding carboxylic acids is 3. The van der Waals surface area contributed by atoms with E-state index in [4.69, 9.17) is 14.7 Å². The third-order valence-electron chi connectivity index (χ3n) is 10.2. The normalized spacial score (nSPS) is 27.9. The van der Waals surface area contributed by atoms with Gasteiger partial charge in [-0.25, -0.2) is 0 Å². The highest BCUT2D eigenvalue weighted by molar-refractivity contribution is 6.17. The number of hydrogen-bond acceptors (Lipinski definition) is 6. The smallest absolute Gasteiger partial charge is 0.305 e. The number of nitrogens with zero attached hydrogens (tertiary/aromatic N) is 2. The first-order chi connectivity index (χ1) is 20.0. The van der Waals surface area contributed by atoms with E-state index in [0.717, 1.165) is 67.9 Å². The van der Waals surface area contributed by atoms with Gasteiger partial charge in [0, 0.05) is 76.2 Å². The number of aliphatic imine (C=N–C) groups is 2. The average Bonchev–Trinajstić information content (AvgIpc) is 3.70. The van der Waals surface area contributed by atoms with E-state index >= 15 is 0 Å². The highest BCUT2D eigenvalue weighted by Gasteiger charge is 2.40. The summed E-state index contributed by atoms with van der Waals surface area (Å²) in [5.41, 5.74) is 8.93. The lowest BCUT2D eigenvalue weighted by Crippen LogP contribution is -2.24. The molecule has 5 atom stereocenters. The van der Waals surface area contributed by atoms with Crippen molar-refractivity contribution in [1.29, 1.82) is 0 Å². The van der Waals surface area contributed by atoms with Crippen molar-refractivity contribution >= 4 is 46.7 Å². The first-order valence-electron chi connectivity index (χ1n) is 15.2. The molecule has 8 nitrogen and oxygen atoms in total. The van der Waals surface area contributed by atoms with Crippen LogP contribution in [-0.2, 0) is 16.0 Å². The molecule has 0 saturated heterocycles. The molecule has 0 spiro atoms. The summed E-state index contributed by atoms with van der Waals surface area (Å²) >= 11 is 0. The maximum Gasteiger partial charge on any atom is 0.305 e. The number of aromatic nitrogens is 2. The standard InChI is InChI=1S/C34H40N4O4/c1-8-20-15(2)23-14-28-31(19(6)39)17(4)25(36-28)12-24-16(3)21(9-10-30(41)42-7)33(37-24)22-11-29(40)32-18(5)26(38-34(22)32)13-27(20)35-23/h12,14-16,20-21,27,36,38H,8-11,13H2,1-7H3/b25-12?,28-14?,33-22-/t15-,16+,20-,21+,27?/m1/s1. The fraction of sp³-hybridized carbons (Fsp3) is 0.500. The van der Waals surface area contributed by atoms with Gasteiger partial charge in [0.25, 0.3) is 0 Å². The summed E-state index contributed by atoms with van der Waals surface area (Å²) in [6.45, 7) is 12.2. The van der Waals surface area contributed by atoms with Gasteiger partial charge in [-0.15, -0.1) is 0 Å². The number of ketones is 2. The lowest BCUT2D eigenvalue weighted by atomic mass is 9.84.